The zero-order valence-electron chi connectivity index (χ0n) is 12.4. The first-order chi connectivity index (χ1) is 11.5. The summed E-state index contributed by atoms with van der Waals surface area (Å²) < 4.78 is 0. The highest BCUT2D eigenvalue weighted by Gasteiger charge is 2.59. The van der Waals surface area contributed by atoms with Crippen LogP contribution in [0.2, 0.25) is 0 Å². The fraction of sp³-hybridized carbons (Fsp3) is 0.312. The summed E-state index contributed by atoms with van der Waals surface area (Å²) in [6.45, 7) is 0. The van der Waals surface area contributed by atoms with Gasteiger partial charge in [-0.3, -0.25) is 29.9 Å². The van der Waals surface area contributed by atoms with E-state index >= 15 is 0 Å². The second-order valence-corrected chi connectivity index (χ2v) is 6.26. The summed E-state index contributed by atoms with van der Waals surface area (Å²) in [5.74, 6) is -2.23. The Morgan fingerprint density at radius 1 is 1.17 bits per heavy atom. The molecule has 0 aromatic heterocycles. The minimum absolute atomic E-state index is 0.0166. The van der Waals surface area contributed by atoms with Crippen molar-refractivity contribution >= 4 is 23.4 Å². The zero-order valence-corrected chi connectivity index (χ0v) is 12.4. The quantitative estimate of drug-likeness (QED) is 0.386. The van der Waals surface area contributed by atoms with Gasteiger partial charge in [0.2, 0.25) is 0 Å². The van der Waals surface area contributed by atoms with Gasteiger partial charge in [0.05, 0.1) is 16.8 Å². The van der Waals surface area contributed by atoms with Gasteiger partial charge in [-0.2, -0.15) is 5.01 Å². The number of nitrogens with one attached hydrogen (secondary N) is 1. The second kappa shape index (κ2) is 4.98. The predicted molar refractivity (Wildman–Crippen MR) is 80.1 cm³/mol. The number of nitro groups is 1. The largest absolute Gasteiger partial charge is 0.272 e. The molecule has 1 aliphatic heterocycles. The molecule has 24 heavy (non-hydrogen) atoms. The van der Waals surface area contributed by atoms with Crippen molar-refractivity contribution < 1.29 is 19.3 Å². The third-order valence-corrected chi connectivity index (χ3v) is 5.00. The molecule has 3 amide bonds. The third kappa shape index (κ3) is 1.96. The molecular formula is C16H13N3O5. The van der Waals surface area contributed by atoms with Crippen molar-refractivity contribution in [2.24, 2.45) is 23.7 Å². The maximum Gasteiger partial charge on any atom is 0.270 e. The van der Waals surface area contributed by atoms with Gasteiger partial charge < -0.3 is 0 Å². The number of hydrogen-bond donors (Lipinski definition) is 1. The van der Waals surface area contributed by atoms with E-state index in [-0.39, 0.29) is 23.1 Å². The van der Waals surface area contributed by atoms with Crippen LogP contribution in [0.4, 0.5) is 5.69 Å². The number of benzene rings is 1. The molecule has 0 unspecified atom stereocenters. The fourth-order valence-corrected chi connectivity index (χ4v) is 3.94. The van der Waals surface area contributed by atoms with Gasteiger partial charge in [0.1, 0.15) is 0 Å². The van der Waals surface area contributed by atoms with Gasteiger partial charge in [0.25, 0.3) is 23.4 Å². The molecule has 2 aliphatic carbocycles. The molecule has 8 heteroatoms. The van der Waals surface area contributed by atoms with E-state index in [1.54, 1.807) is 0 Å². The van der Waals surface area contributed by atoms with Gasteiger partial charge >= 0.3 is 0 Å². The van der Waals surface area contributed by atoms with E-state index in [9.17, 15) is 24.5 Å². The van der Waals surface area contributed by atoms with Gasteiger partial charge in [0.15, 0.2) is 0 Å². The molecule has 1 aromatic rings. The number of fused-ring (bicyclic) bond motifs is 5. The van der Waals surface area contributed by atoms with Crippen LogP contribution in [0.1, 0.15) is 16.8 Å². The molecule has 4 atom stereocenters. The monoisotopic (exact) mass is 327 g/mol. The molecule has 0 radical (unpaired) electrons. The van der Waals surface area contributed by atoms with Crippen LogP contribution < -0.4 is 5.43 Å². The van der Waals surface area contributed by atoms with Crippen LogP contribution >= 0.6 is 0 Å². The number of hydrazine groups is 1. The van der Waals surface area contributed by atoms with Crippen LogP contribution in [-0.4, -0.2) is 27.7 Å². The number of carbonyl (C=O) groups is 3. The van der Waals surface area contributed by atoms with E-state index in [2.05, 4.69) is 5.43 Å². The standard InChI is InChI=1S/C16H13N3O5/c20-14(10-2-1-3-11(7-10)19(23)24)17-18-15(21)12-8-4-5-9(6-8)13(12)16(18)22/h1-5,7-9,12-13H,6H2,(H,17,20)/t8-,9-,12-,13+/m1/s1. The molecule has 1 aromatic carbocycles. The molecule has 1 saturated carbocycles. The van der Waals surface area contributed by atoms with E-state index in [0.29, 0.717) is 0 Å². The van der Waals surface area contributed by atoms with Crippen LogP contribution in [0.15, 0.2) is 36.4 Å². The van der Waals surface area contributed by atoms with E-state index in [1.807, 2.05) is 12.2 Å². The minimum atomic E-state index is -0.722. The van der Waals surface area contributed by atoms with E-state index in [4.69, 9.17) is 0 Å². The Morgan fingerprint density at radius 3 is 2.38 bits per heavy atom. The minimum Gasteiger partial charge on any atom is -0.272 e. The average molecular weight is 327 g/mol. The molecule has 1 N–H and O–H groups in total. The molecule has 3 aliphatic rings. The third-order valence-electron chi connectivity index (χ3n) is 5.00. The molecule has 8 nitrogen and oxygen atoms in total. The van der Waals surface area contributed by atoms with Crippen molar-refractivity contribution in [2.45, 2.75) is 6.42 Å². The predicted octanol–water partition coefficient (Wildman–Crippen LogP) is 1.05. The van der Waals surface area contributed by atoms with Gasteiger partial charge in [-0.25, -0.2) is 0 Å². The Kier molecular flexibility index (Phi) is 3.02. The van der Waals surface area contributed by atoms with Crippen LogP contribution in [0.25, 0.3) is 0 Å². The number of amides is 3. The topological polar surface area (TPSA) is 110 Å². The first-order valence-electron chi connectivity index (χ1n) is 7.59. The molecule has 1 saturated heterocycles. The van der Waals surface area contributed by atoms with Gasteiger partial charge in [-0.15, -0.1) is 0 Å². The maximum absolute atomic E-state index is 12.5. The Morgan fingerprint density at radius 2 is 1.79 bits per heavy atom. The molecule has 1 heterocycles. The summed E-state index contributed by atoms with van der Waals surface area (Å²) in [6, 6.07) is 5.13. The number of rotatable bonds is 3. The fourth-order valence-electron chi connectivity index (χ4n) is 3.94. The molecule has 2 fully saturated rings. The first kappa shape index (κ1) is 14.6. The molecule has 2 bridgehead atoms. The van der Waals surface area contributed by atoms with Crippen LogP contribution in [0.3, 0.4) is 0 Å². The summed E-state index contributed by atoms with van der Waals surface area (Å²) in [5.41, 5.74) is 2.08. The number of carbonyl (C=O) groups excluding carboxylic acids is 3. The summed E-state index contributed by atoms with van der Waals surface area (Å²) in [4.78, 5) is 47.4. The average Bonchev–Trinajstić information content (AvgIpc) is 3.24. The lowest BCUT2D eigenvalue weighted by molar-refractivity contribution is -0.384. The zero-order chi connectivity index (χ0) is 17.0. The van der Waals surface area contributed by atoms with Crippen molar-refractivity contribution in [3.8, 4) is 0 Å². The van der Waals surface area contributed by atoms with Crippen LogP contribution in [0.5, 0.6) is 0 Å². The van der Waals surface area contributed by atoms with Crippen molar-refractivity contribution in [1.29, 1.82) is 0 Å². The number of nitrogens with zero attached hydrogens (tertiary/aromatic N) is 2. The molecule has 0 spiro atoms. The highest BCUT2D eigenvalue weighted by molar-refractivity contribution is 6.08. The Labute approximate surface area is 136 Å². The lowest BCUT2D eigenvalue weighted by Gasteiger charge is -2.17. The highest BCUT2D eigenvalue weighted by atomic mass is 16.6. The van der Waals surface area contributed by atoms with Crippen molar-refractivity contribution in [1.82, 2.24) is 10.4 Å². The summed E-state index contributed by atoms with van der Waals surface area (Å²) in [5, 5.41) is 11.6. The summed E-state index contributed by atoms with van der Waals surface area (Å²) in [7, 11) is 0. The van der Waals surface area contributed by atoms with Gasteiger partial charge in [-0.1, -0.05) is 18.2 Å². The molecular weight excluding hydrogens is 314 g/mol. The molecule has 4 rings (SSSR count). The summed E-state index contributed by atoms with van der Waals surface area (Å²) >= 11 is 0. The van der Waals surface area contributed by atoms with E-state index in [1.165, 1.54) is 18.2 Å². The van der Waals surface area contributed by atoms with Crippen molar-refractivity contribution in [3.05, 3.63) is 52.1 Å². The van der Waals surface area contributed by atoms with Crippen LogP contribution in [0, 0.1) is 33.8 Å². The lowest BCUT2D eigenvalue weighted by atomic mass is 9.85. The highest BCUT2D eigenvalue weighted by Crippen LogP contribution is 2.52. The van der Waals surface area contributed by atoms with E-state index in [0.717, 1.165) is 17.5 Å². The van der Waals surface area contributed by atoms with E-state index < -0.39 is 34.5 Å². The van der Waals surface area contributed by atoms with Crippen molar-refractivity contribution in [2.75, 3.05) is 0 Å². The van der Waals surface area contributed by atoms with Gasteiger partial charge in [-0.05, 0) is 24.3 Å². The van der Waals surface area contributed by atoms with Crippen LogP contribution in [-0.2, 0) is 9.59 Å². The smallest absolute Gasteiger partial charge is 0.270 e. The number of hydrogen-bond acceptors (Lipinski definition) is 5. The maximum atomic E-state index is 12.5. The second-order valence-electron chi connectivity index (χ2n) is 6.26. The Balaban J connectivity index is 1.55. The summed E-state index contributed by atoms with van der Waals surface area (Å²) in [6.07, 6.45) is 4.73. The lowest BCUT2D eigenvalue weighted by Crippen LogP contribution is -2.47. The SMILES string of the molecule is O=C(NN1C(=O)[C@@H]2[C@H](C1=O)[C@@H]1C=C[C@@H]2C1)c1cccc([N+](=O)[O-])c1. The number of allylic oxidation sites excluding steroid dienone is 2. The number of nitro benzene ring substituents is 1. The Hall–Kier alpha value is -3.03. The number of imide groups is 1. The normalized spacial score (nSPS) is 29.9. The Bertz CT molecular complexity index is 788. The number of non-ortho nitro benzene ring substituents is 1. The molecule has 122 valence electrons. The van der Waals surface area contributed by atoms with Crippen molar-refractivity contribution in [3.63, 3.8) is 0 Å². The van der Waals surface area contributed by atoms with Gasteiger partial charge in [0, 0.05) is 17.7 Å². The first-order valence-corrected chi connectivity index (χ1v) is 7.59.